The van der Waals surface area contributed by atoms with Crippen molar-refractivity contribution in [1.82, 2.24) is 14.6 Å². The largest absolute Gasteiger partial charge is 0.497 e. The molecule has 8 nitrogen and oxygen atoms in total. The number of epoxide rings is 1. The molecule has 4 aromatic rings. The molecule has 2 fully saturated rings. The number of aromatic nitrogens is 1. The number of hydrogen-bond acceptors (Lipinski definition) is 7. The molecule has 48 heavy (non-hydrogen) atoms. The highest BCUT2D eigenvalue weighted by Crippen LogP contribution is 2.47. The van der Waals surface area contributed by atoms with Crippen LogP contribution in [0.1, 0.15) is 59.3 Å². The van der Waals surface area contributed by atoms with Crippen LogP contribution in [0.3, 0.4) is 0 Å². The quantitative estimate of drug-likeness (QED) is 0.165. The van der Waals surface area contributed by atoms with Crippen LogP contribution in [-0.2, 0) is 34.4 Å². The van der Waals surface area contributed by atoms with Gasteiger partial charge in [-0.2, -0.15) is 4.31 Å². The predicted molar refractivity (Wildman–Crippen MR) is 190 cm³/mol. The smallest absolute Gasteiger partial charge is 0.211 e. The number of anilines is 1. The number of aryl methyl sites for hydroxylation is 1. The second kappa shape index (κ2) is 13.5. The van der Waals surface area contributed by atoms with Crippen molar-refractivity contribution in [2.45, 2.75) is 58.5 Å². The van der Waals surface area contributed by atoms with E-state index in [1.165, 1.54) is 17.4 Å². The molecule has 0 aliphatic carbocycles. The molecular formula is C39H44N4O4S. The predicted octanol–water partition coefficient (Wildman–Crippen LogP) is 5.96. The number of hydrogen-bond donors (Lipinski definition) is 1. The first kappa shape index (κ1) is 32.6. The van der Waals surface area contributed by atoms with Crippen LogP contribution in [0.4, 0.5) is 5.69 Å². The average molecular weight is 665 g/mol. The maximum Gasteiger partial charge on any atom is 0.211 e. The van der Waals surface area contributed by atoms with Crippen LogP contribution in [0.5, 0.6) is 5.75 Å². The minimum atomic E-state index is -3.34. The third-order valence-electron chi connectivity index (χ3n) is 10.3. The summed E-state index contributed by atoms with van der Waals surface area (Å²) in [5.74, 6) is 8.02. The summed E-state index contributed by atoms with van der Waals surface area (Å²) in [6.07, 6.45) is 5.42. The minimum absolute atomic E-state index is 0.0543. The Balaban J connectivity index is 1.13. The molecule has 7 rings (SSSR count). The molecule has 4 heterocycles. The lowest BCUT2D eigenvalue weighted by atomic mass is 9.80. The molecule has 0 amide bonds. The van der Waals surface area contributed by atoms with E-state index in [0.717, 1.165) is 83.6 Å². The number of methoxy groups -OCH3 is 1. The topological polar surface area (TPSA) is 87.3 Å². The molecule has 0 saturated carbocycles. The van der Waals surface area contributed by atoms with Crippen molar-refractivity contribution in [3.8, 4) is 17.6 Å². The SMILES string of the molecule is CC#Cc1c(C)cc(N2CC[C@@H](C[C@H]3O[C@@H]3c3ccnc4ccc(OC)cc34)[C@@H](CNCc3ccccc3)C2)c2c1CN(S(C)(=O)=O)C2. The number of sulfonamides is 1. The van der Waals surface area contributed by atoms with Crippen molar-refractivity contribution in [3.63, 3.8) is 0 Å². The van der Waals surface area contributed by atoms with E-state index in [2.05, 4.69) is 82.5 Å². The van der Waals surface area contributed by atoms with E-state index in [1.54, 1.807) is 11.4 Å². The number of nitrogens with zero attached hydrogens (tertiary/aromatic N) is 3. The Labute approximate surface area is 284 Å². The summed E-state index contributed by atoms with van der Waals surface area (Å²) in [6.45, 7) is 8.21. The summed E-state index contributed by atoms with van der Waals surface area (Å²) in [7, 11) is -1.65. The van der Waals surface area contributed by atoms with Gasteiger partial charge in [-0.15, -0.1) is 5.92 Å². The van der Waals surface area contributed by atoms with Crippen LogP contribution in [0, 0.1) is 30.6 Å². The molecule has 0 spiro atoms. The summed E-state index contributed by atoms with van der Waals surface area (Å²) in [5, 5.41) is 4.85. The third-order valence-corrected chi connectivity index (χ3v) is 11.5. The second-order valence-corrected chi connectivity index (χ2v) is 15.4. The highest BCUT2D eigenvalue weighted by Gasteiger charge is 2.45. The molecule has 1 N–H and O–H groups in total. The van der Waals surface area contributed by atoms with Gasteiger partial charge in [0.05, 0.1) is 25.0 Å². The highest BCUT2D eigenvalue weighted by molar-refractivity contribution is 7.88. The molecule has 3 aromatic carbocycles. The highest BCUT2D eigenvalue weighted by atomic mass is 32.2. The van der Waals surface area contributed by atoms with Gasteiger partial charge in [-0.1, -0.05) is 36.3 Å². The van der Waals surface area contributed by atoms with Crippen molar-refractivity contribution >= 4 is 26.6 Å². The minimum Gasteiger partial charge on any atom is -0.497 e. The van der Waals surface area contributed by atoms with Crippen LogP contribution in [0.25, 0.3) is 10.9 Å². The van der Waals surface area contributed by atoms with Gasteiger partial charge in [0.1, 0.15) is 11.9 Å². The fourth-order valence-corrected chi connectivity index (χ4v) is 8.46. The molecule has 9 heteroatoms. The fourth-order valence-electron chi connectivity index (χ4n) is 7.74. The first-order valence-corrected chi connectivity index (χ1v) is 18.7. The number of piperidine rings is 1. The van der Waals surface area contributed by atoms with Gasteiger partial charge in [0.2, 0.25) is 10.0 Å². The Kier molecular flexibility index (Phi) is 9.18. The number of benzene rings is 3. The van der Waals surface area contributed by atoms with Crippen LogP contribution < -0.4 is 15.0 Å². The van der Waals surface area contributed by atoms with Gasteiger partial charge < -0.3 is 19.7 Å². The summed E-state index contributed by atoms with van der Waals surface area (Å²) in [5.41, 5.74) is 8.78. The number of fused-ring (bicyclic) bond motifs is 2. The van der Waals surface area contributed by atoms with Gasteiger partial charge in [0, 0.05) is 62.1 Å². The van der Waals surface area contributed by atoms with E-state index < -0.39 is 10.0 Å². The standard InChI is InChI=1S/C39H44N4O4S/c1-5-9-31-26(2)18-37(35-25-43(24-34(31)35)48(4,44)45)42-17-15-28(29(23-42)22-40-21-27-10-7-6-8-11-27)19-38-39(47-38)32-14-16-41-36-13-12-30(46-3)20-33(32)36/h6-8,10-14,16,18,20,28-29,38-40H,15,17,19,21-25H2,1-4H3/t28-,29-,38+,39+/m0/s1. The van der Waals surface area contributed by atoms with E-state index in [4.69, 9.17) is 9.47 Å². The Bertz CT molecular complexity index is 1990. The molecule has 1 aromatic heterocycles. The van der Waals surface area contributed by atoms with E-state index in [-0.39, 0.29) is 12.2 Å². The van der Waals surface area contributed by atoms with Gasteiger partial charge in [0.25, 0.3) is 0 Å². The number of ether oxygens (including phenoxy) is 2. The molecule has 4 atom stereocenters. The molecule has 3 aliphatic rings. The Hall–Kier alpha value is -3.94. The first-order valence-electron chi connectivity index (χ1n) is 16.8. The summed E-state index contributed by atoms with van der Waals surface area (Å²) < 4.78 is 38.8. The zero-order chi connectivity index (χ0) is 33.4. The third kappa shape index (κ3) is 6.68. The van der Waals surface area contributed by atoms with Crippen molar-refractivity contribution in [2.75, 3.05) is 37.9 Å². The van der Waals surface area contributed by atoms with Gasteiger partial charge >= 0.3 is 0 Å². The average Bonchev–Trinajstić information content (AvgIpc) is 3.69. The number of nitrogens with one attached hydrogen (secondary N) is 1. The molecule has 0 radical (unpaired) electrons. The molecule has 0 bridgehead atoms. The second-order valence-electron chi connectivity index (χ2n) is 13.4. The van der Waals surface area contributed by atoms with Crippen molar-refractivity contribution in [1.29, 1.82) is 0 Å². The van der Waals surface area contributed by atoms with Crippen molar-refractivity contribution < 1.29 is 17.9 Å². The zero-order valence-electron chi connectivity index (χ0n) is 28.2. The van der Waals surface area contributed by atoms with Gasteiger partial charge in [0.15, 0.2) is 0 Å². The Morgan fingerprint density at radius 1 is 1.06 bits per heavy atom. The maximum atomic E-state index is 12.7. The first-order chi connectivity index (χ1) is 23.2. The molecule has 2 saturated heterocycles. The number of pyridine rings is 1. The Morgan fingerprint density at radius 3 is 2.65 bits per heavy atom. The lowest BCUT2D eigenvalue weighted by molar-refractivity contribution is 0.230. The molecule has 250 valence electrons. The van der Waals surface area contributed by atoms with Crippen molar-refractivity contribution in [2.24, 2.45) is 11.8 Å². The van der Waals surface area contributed by atoms with E-state index in [9.17, 15) is 8.42 Å². The van der Waals surface area contributed by atoms with Gasteiger partial charge in [-0.05, 0) is 96.7 Å². The Morgan fingerprint density at radius 2 is 1.88 bits per heavy atom. The van der Waals surface area contributed by atoms with Gasteiger partial charge in [-0.25, -0.2) is 8.42 Å². The lowest BCUT2D eigenvalue weighted by Crippen LogP contribution is -2.45. The molecule has 0 unspecified atom stereocenters. The van der Waals surface area contributed by atoms with E-state index in [1.807, 2.05) is 25.3 Å². The van der Waals surface area contributed by atoms with Crippen LogP contribution >= 0.6 is 0 Å². The summed E-state index contributed by atoms with van der Waals surface area (Å²) in [6, 6.07) is 20.9. The van der Waals surface area contributed by atoms with E-state index >= 15 is 0 Å². The maximum absolute atomic E-state index is 12.7. The van der Waals surface area contributed by atoms with Gasteiger partial charge in [-0.3, -0.25) is 4.98 Å². The normalized spacial score (nSPS) is 22.3. The van der Waals surface area contributed by atoms with Crippen LogP contribution in [0.2, 0.25) is 0 Å². The lowest BCUT2D eigenvalue weighted by Gasteiger charge is -2.41. The summed E-state index contributed by atoms with van der Waals surface area (Å²) >= 11 is 0. The molecule has 3 aliphatic heterocycles. The van der Waals surface area contributed by atoms with Crippen LogP contribution in [-0.4, -0.2) is 56.8 Å². The zero-order valence-corrected chi connectivity index (χ0v) is 29.0. The fraction of sp³-hybridized carbons (Fsp3) is 0.410. The van der Waals surface area contributed by atoms with Crippen molar-refractivity contribution in [3.05, 3.63) is 100 Å². The summed E-state index contributed by atoms with van der Waals surface area (Å²) in [4.78, 5) is 7.07. The molecular weight excluding hydrogens is 621 g/mol. The number of rotatable bonds is 10. The van der Waals surface area contributed by atoms with E-state index in [0.29, 0.717) is 24.9 Å². The monoisotopic (exact) mass is 664 g/mol. The van der Waals surface area contributed by atoms with Crippen LogP contribution in [0.15, 0.2) is 66.9 Å².